The average Bonchev–Trinajstić information content (AvgIpc) is 2.71. The van der Waals surface area contributed by atoms with Gasteiger partial charge in [-0.25, -0.2) is 0 Å². The van der Waals surface area contributed by atoms with Crippen LogP contribution in [0, 0.1) is 0 Å². The summed E-state index contributed by atoms with van der Waals surface area (Å²) in [5, 5.41) is 0. The van der Waals surface area contributed by atoms with Crippen molar-refractivity contribution < 1.29 is 9.47 Å². The first-order valence-electron chi connectivity index (χ1n) is 5.74. The molecule has 0 spiro atoms. The second-order valence-corrected chi connectivity index (χ2v) is 4.55. The molecule has 0 amide bonds. The van der Waals surface area contributed by atoms with Gasteiger partial charge in [-0.05, 0) is 26.7 Å². The van der Waals surface area contributed by atoms with Crippen molar-refractivity contribution in [3.63, 3.8) is 0 Å². The largest absolute Gasteiger partial charge is 0.375 e. The Hall–Kier alpha value is -0.120. The van der Waals surface area contributed by atoms with E-state index in [0.717, 1.165) is 26.3 Å². The van der Waals surface area contributed by atoms with E-state index >= 15 is 0 Å². The summed E-state index contributed by atoms with van der Waals surface area (Å²) in [6.07, 6.45) is 3.05. The van der Waals surface area contributed by atoms with Crippen LogP contribution in [0.5, 0.6) is 0 Å². The Morgan fingerprint density at radius 3 is 2.57 bits per heavy atom. The van der Waals surface area contributed by atoms with E-state index < -0.39 is 0 Å². The van der Waals surface area contributed by atoms with Gasteiger partial charge in [0, 0.05) is 25.7 Å². The minimum absolute atomic E-state index is 0.314. The Morgan fingerprint density at radius 1 is 1.14 bits per heavy atom. The fraction of sp³-hybridized carbons (Fsp3) is 1.00. The Morgan fingerprint density at radius 2 is 1.93 bits per heavy atom. The summed E-state index contributed by atoms with van der Waals surface area (Å²) in [5.41, 5.74) is 0. The minimum Gasteiger partial charge on any atom is -0.375 e. The molecule has 2 heterocycles. The molecule has 0 N–H and O–H groups in total. The van der Waals surface area contributed by atoms with Crippen LogP contribution in [0.15, 0.2) is 0 Å². The molecule has 2 aliphatic heterocycles. The van der Waals surface area contributed by atoms with Gasteiger partial charge in [-0.2, -0.15) is 0 Å². The van der Waals surface area contributed by atoms with Gasteiger partial charge in [-0.15, -0.1) is 0 Å². The van der Waals surface area contributed by atoms with Gasteiger partial charge in [0.05, 0.1) is 18.8 Å². The van der Waals surface area contributed by atoms with Crippen LogP contribution in [0.25, 0.3) is 0 Å². The van der Waals surface area contributed by atoms with Gasteiger partial charge in [-0.3, -0.25) is 4.90 Å². The zero-order valence-corrected chi connectivity index (χ0v) is 9.24. The highest BCUT2D eigenvalue weighted by molar-refractivity contribution is 4.82. The van der Waals surface area contributed by atoms with Crippen molar-refractivity contribution in [1.29, 1.82) is 0 Å². The van der Waals surface area contributed by atoms with E-state index in [-0.39, 0.29) is 0 Å². The topological polar surface area (TPSA) is 21.7 Å². The van der Waals surface area contributed by atoms with Crippen molar-refractivity contribution in [2.24, 2.45) is 0 Å². The lowest BCUT2D eigenvalue weighted by atomic mass is 10.1. The van der Waals surface area contributed by atoms with Crippen LogP contribution in [0.1, 0.15) is 26.7 Å². The molecule has 0 radical (unpaired) electrons. The van der Waals surface area contributed by atoms with Crippen molar-refractivity contribution in [2.45, 2.75) is 44.9 Å². The molecule has 2 fully saturated rings. The SMILES string of the molecule is CC(C)N1CCOC(C2CCCO2)C1. The van der Waals surface area contributed by atoms with E-state index in [1.165, 1.54) is 12.8 Å². The molecule has 14 heavy (non-hydrogen) atoms. The molecule has 2 saturated heterocycles. The molecule has 2 unspecified atom stereocenters. The quantitative estimate of drug-likeness (QED) is 0.668. The molecule has 0 aromatic heterocycles. The van der Waals surface area contributed by atoms with Gasteiger partial charge in [0.2, 0.25) is 0 Å². The molecule has 82 valence electrons. The van der Waals surface area contributed by atoms with Crippen LogP contribution < -0.4 is 0 Å². The van der Waals surface area contributed by atoms with Crippen molar-refractivity contribution in [2.75, 3.05) is 26.3 Å². The summed E-state index contributed by atoms with van der Waals surface area (Å²) < 4.78 is 11.4. The fourth-order valence-electron chi connectivity index (χ4n) is 2.29. The van der Waals surface area contributed by atoms with Gasteiger partial charge in [-0.1, -0.05) is 0 Å². The van der Waals surface area contributed by atoms with Crippen molar-refractivity contribution in [1.82, 2.24) is 4.90 Å². The molecule has 0 aliphatic carbocycles. The average molecular weight is 199 g/mol. The Labute approximate surface area is 86.4 Å². The summed E-state index contributed by atoms with van der Waals surface area (Å²) in [5.74, 6) is 0. The van der Waals surface area contributed by atoms with Crippen LogP contribution in [0.3, 0.4) is 0 Å². The first-order valence-corrected chi connectivity index (χ1v) is 5.74. The predicted octanol–water partition coefficient (Wildman–Crippen LogP) is 1.27. The third-order valence-corrected chi connectivity index (χ3v) is 3.23. The molecule has 2 rings (SSSR count). The first-order chi connectivity index (χ1) is 6.77. The number of morpholine rings is 1. The standard InChI is InChI=1S/C11H21NO2/c1-9(2)12-5-7-14-11(8-12)10-4-3-6-13-10/h9-11H,3-8H2,1-2H3. The van der Waals surface area contributed by atoms with Crippen molar-refractivity contribution in [3.8, 4) is 0 Å². The van der Waals surface area contributed by atoms with Crippen molar-refractivity contribution in [3.05, 3.63) is 0 Å². The highest BCUT2D eigenvalue weighted by atomic mass is 16.5. The Kier molecular flexibility index (Phi) is 3.42. The second-order valence-electron chi connectivity index (χ2n) is 4.55. The maximum Gasteiger partial charge on any atom is 0.0963 e. The molecule has 0 aromatic rings. The minimum atomic E-state index is 0.314. The zero-order valence-electron chi connectivity index (χ0n) is 9.24. The second kappa shape index (κ2) is 4.60. The Bertz CT molecular complexity index is 178. The van der Waals surface area contributed by atoms with Crippen LogP contribution in [-0.4, -0.2) is 49.5 Å². The third kappa shape index (κ3) is 2.27. The normalized spacial score (nSPS) is 35.4. The van der Waals surface area contributed by atoms with E-state index in [1.54, 1.807) is 0 Å². The molecule has 3 nitrogen and oxygen atoms in total. The van der Waals surface area contributed by atoms with E-state index in [9.17, 15) is 0 Å². The summed E-state index contributed by atoms with van der Waals surface area (Å²) in [4.78, 5) is 2.48. The van der Waals surface area contributed by atoms with Gasteiger partial charge in [0.25, 0.3) is 0 Å². The number of hydrogen-bond donors (Lipinski definition) is 0. The molecule has 0 saturated carbocycles. The lowest BCUT2D eigenvalue weighted by Crippen LogP contribution is -2.49. The monoisotopic (exact) mass is 199 g/mol. The smallest absolute Gasteiger partial charge is 0.0963 e. The van der Waals surface area contributed by atoms with Crippen LogP contribution in [0.2, 0.25) is 0 Å². The van der Waals surface area contributed by atoms with E-state index in [4.69, 9.17) is 9.47 Å². The van der Waals surface area contributed by atoms with Gasteiger partial charge in [0.15, 0.2) is 0 Å². The van der Waals surface area contributed by atoms with Gasteiger partial charge >= 0.3 is 0 Å². The third-order valence-electron chi connectivity index (χ3n) is 3.23. The Balaban J connectivity index is 1.86. The van der Waals surface area contributed by atoms with Gasteiger partial charge in [0.1, 0.15) is 0 Å². The summed E-state index contributed by atoms with van der Waals surface area (Å²) >= 11 is 0. The first kappa shape index (κ1) is 10.4. The number of nitrogens with zero attached hydrogens (tertiary/aromatic N) is 1. The van der Waals surface area contributed by atoms with Crippen molar-refractivity contribution >= 4 is 0 Å². The molecular weight excluding hydrogens is 178 g/mol. The highest BCUT2D eigenvalue weighted by Gasteiger charge is 2.31. The van der Waals surface area contributed by atoms with E-state index in [2.05, 4.69) is 18.7 Å². The molecule has 0 bridgehead atoms. The summed E-state index contributed by atoms with van der Waals surface area (Å²) in [6, 6.07) is 0.628. The summed E-state index contributed by atoms with van der Waals surface area (Å²) in [6.45, 7) is 8.40. The zero-order chi connectivity index (χ0) is 9.97. The molecule has 2 atom stereocenters. The fourth-order valence-corrected chi connectivity index (χ4v) is 2.29. The molecule has 2 aliphatic rings. The van der Waals surface area contributed by atoms with E-state index in [0.29, 0.717) is 18.2 Å². The number of ether oxygens (including phenoxy) is 2. The van der Waals surface area contributed by atoms with E-state index in [1.807, 2.05) is 0 Å². The van der Waals surface area contributed by atoms with Crippen LogP contribution in [0.4, 0.5) is 0 Å². The molecule has 0 aromatic carbocycles. The maximum atomic E-state index is 5.78. The highest BCUT2D eigenvalue weighted by Crippen LogP contribution is 2.21. The predicted molar refractivity (Wildman–Crippen MR) is 55.4 cm³/mol. The van der Waals surface area contributed by atoms with Crippen LogP contribution >= 0.6 is 0 Å². The molecule has 3 heteroatoms. The number of rotatable bonds is 2. The lowest BCUT2D eigenvalue weighted by Gasteiger charge is -2.37. The lowest BCUT2D eigenvalue weighted by molar-refractivity contribution is -0.0999. The number of hydrogen-bond acceptors (Lipinski definition) is 3. The van der Waals surface area contributed by atoms with Crippen LogP contribution in [-0.2, 0) is 9.47 Å². The molecular formula is C11H21NO2. The van der Waals surface area contributed by atoms with Gasteiger partial charge < -0.3 is 9.47 Å². The maximum absolute atomic E-state index is 5.78. The summed E-state index contributed by atoms with van der Waals surface area (Å²) in [7, 11) is 0.